The molecular formula is C12H18O4. The molecule has 1 aromatic carbocycles. The first kappa shape index (κ1) is 12.8. The van der Waals surface area contributed by atoms with Gasteiger partial charge >= 0.3 is 0 Å². The van der Waals surface area contributed by atoms with Crippen LogP contribution < -0.4 is 9.47 Å². The van der Waals surface area contributed by atoms with Crippen LogP contribution in [0.1, 0.15) is 5.56 Å². The van der Waals surface area contributed by atoms with Gasteiger partial charge in [-0.25, -0.2) is 0 Å². The number of methoxy groups -OCH3 is 4. The molecule has 0 atom stereocenters. The van der Waals surface area contributed by atoms with Crippen molar-refractivity contribution in [1.29, 1.82) is 0 Å². The molecule has 0 aliphatic heterocycles. The molecule has 16 heavy (non-hydrogen) atoms. The van der Waals surface area contributed by atoms with Crippen molar-refractivity contribution >= 4 is 0 Å². The summed E-state index contributed by atoms with van der Waals surface area (Å²) in [7, 11) is 6.46. The molecule has 0 saturated heterocycles. The van der Waals surface area contributed by atoms with Crippen LogP contribution in [-0.2, 0) is 15.9 Å². The molecule has 0 amide bonds. The van der Waals surface area contributed by atoms with E-state index < -0.39 is 0 Å². The number of hydrogen-bond donors (Lipinski definition) is 0. The van der Waals surface area contributed by atoms with E-state index in [1.165, 1.54) is 0 Å². The summed E-state index contributed by atoms with van der Waals surface area (Å²) in [6, 6.07) is 5.74. The minimum absolute atomic E-state index is 0.277. The summed E-state index contributed by atoms with van der Waals surface area (Å²) in [5, 5.41) is 0. The minimum Gasteiger partial charge on any atom is -0.493 e. The van der Waals surface area contributed by atoms with Crippen LogP contribution in [-0.4, -0.2) is 34.7 Å². The molecule has 1 rings (SSSR count). The number of ether oxygens (including phenoxy) is 4. The van der Waals surface area contributed by atoms with Crippen molar-refractivity contribution in [2.24, 2.45) is 0 Å². The largest absolute Gasteiger partial charge is 0.493 e. The van der Waals surface area contributed by atoms with Crippen molar-refractivity contribution in [2.75, 3.05) is 28.4 Å². The highest BCUT2D eigenvalue weighted by Crippen LogP contribution is 2.31. The highest BCUT2D eigenvalue weighted by atomic mass is 16.7. The topological polar surface area (TPSA) is 36.9 Å². The van der Waals surface area contributed by atoms with Gasteiger partial charge in [-0.2, -0.15) is 0 Å². The van der Waals surface area contributed by atoms with Gasteiger partial charge in [0.15, 0.2) is 17.8 Å². The van der Waals surface area contributed by atoms with E-state index in [0.717, 1.165) is 11.3 Å². The van der Waals surface area contributed by atoms with Crippen molar-refractivity contribution in [3.63, 3.8) is 0 Å². The van der Waals surface area contributed by atoms with Crippen LogP contribution in [0.4, 0.5) is 0 Å². The molecule has 4 nitrogen and oxygen atoms in total. The van der Waals surface area contributed by atoms with E-state index in [4.69, 9.17) is 18.9 Å². The Hall–Kier alpha value is -1.26. The molecule has 0 aromatic heterocycles. The summed E-state index contributed by atoms with van der Waals surface area (Å²) in [5.74, 6) is 1.44. The molecule has 0 radical (unpaired) electrons. The monoisotopic (exact) mass is 226 g/mol. The summed E-state index contributed by atoms with van der Waals surface area (Å²) in [5.41, 5.74) is 0.996. The molecule has 0 heterocycles. The zero-order chi connectivity index (χ0) is 12.0. The summed E-state index contributed by atoms with van der Waals surface area (Å²) >= 11 is 0. The van der Waals surface area contributed by atoms with Crippen LogP contribution in [0.5, 0.6) is 11.5 Å². The molecule has 1 aromatic rings. The molecule has 0 N–H and O–H groups in total. The Balaban J connectivity index is 2.94. The molecule has 0 aliphatic carbocycles. The highest BCUT2D eigenvalue weighted by Gasteiger charge is 2.14. The Bertz CT molecular complexity index is 321. The van der Waals surface area contributed by atoms with E-state index in [2.05, 4.69) is 0 Å². The molecule has 0 saturated carbocycles. The number of hydrogen-bond acceptors (Lipinski definition) is 4. The Kier molecular flexibility index (Phi) is 5.08. The normalized spacial score (nSPS) is 10.6. The van der Waals surface area contributed by atoms with E-state index >= 15 is 0 Å². The second kappa shape index (κ2) is 6.35. The van der Waals surface area contributed by atoms with Crippen molar-refractivity contribution in [1.82, 2.24) is 0 Å². The van der Waals surface area contributed by atoms with Gasteiger partial charge in [0.1, 0.15) is 0 Å². The van der Waals surface area contributed by atoms with E-state index in [9.17, 15) is 0 Å². The lowest BCUT2D eigenvalue weighted by molar-refractivity contribution is -0.100. The van der Waals surface area contributed by atoms with Gasteiger partial charge in [-0.1, -0.05) is 12.1 Å². The maximum absolute atomic E-state index is 5.32. The van der Waals surface area contributed by atoms with Crippen LogP contribution in [0.25, 0.3) is 0 Å². The van der Waals surface area contributed by atoms with Crippen molar-refractivity contribution in [2.45, 2.75) is 12.7 Å². The number of para-hydroxylation sites is 1. The quantitative estimate of drug-likeness (QED) is 0.694. The van der Waals surface area contributed by atoms with Gasteiger partial charge in [0.25, 0.3) is 0 Å². The highest BCUT2D eigenvalue weighted by molar-refractivity contribution is 5.46. The van der Waals surface area contributed by atoms with E-state index in [1.54, 1.807) is 28.4 Å². The predicted octanol–water partition coefficient (Wildman–Crippen LogP) is 1.87. The third kappa shape index (κ3) is 2.87. The zero-order valence-electron chi connectivity index (χ0n) is 10.1. The Morgan fingerprint density at radius 1 is 1.00 bits per heavy atom. The number of rotatable bonds is 6. The van der Waals surface area contributed by atoms with Gasteiger partial charge in [-0.15, -0.1) is 0 Å². The van der Waals surface area contributed by atoms with Crippen molar-refractivity contribution in [3.8, 4) is 11.5 Å². The molecule has 0 spiro atoms. The second-order valence-corrected chi connectivity index (χ2v) is 3.26. The van der Waals surface area contributed by atoms with E-state index in [1.807, 2.05) is 18.2 Å². The standard InChI is InChI=1S/C12H18O4/c1-13-10-7-5-6-9(12(10)16-4)8-11(14-2)15-3/h5-7,11H,8H2,1-4H3. The fraction of sp³-hybridized carbons (Fsp3) is 0.500. The van der Waals surface area contributed by atoms with Gasteiger partial charge in [-0.3, -0.25) is 0 Å². The smallest absolute Gasteiger partial charge is 0.164 e. The van der Waals surface area contributed by atoms with Gasteiger partial charge < -0.3 is 18.9 Å². The van der Waals surface area contributed by atoms with Crippen LogP contribution in [0, 0.1) is 0 Å². The summed E-state index contributed by atoms with van der Waals surface area (Å²) < 4.78 is 20.9. The Morgan fingerprint density at radius 3 is 2.19 bits per heavy atom. The first-order chi connectivity index (χ1) is 7.76. The van der Waals surface area contributed by atoms with Crippen LogP contribution in [0.3, 0.4) is 0 Å². The van der Waals surface area contributed by atoms with Gasteiger partial charge in [0.05, 0.1) is 14.2 Å². The summed E-state index contributed by atoms with van der Waals surface area (Å²) in [4.78, 5) is 0. The molecule has 4 heteroatoms. The zero-order valence-corrected chi connectivity index (χ0v) is 10.1. The third-order valence-electron chi connectivity index (χ3n) is 2.40. The predicted molar refractivity (Wildman–Crippen MR) is 61.1 cm³/mol. The lowest BCUT2D eigenvalue weighted by Gasteiger charge is -2.16. The second-order valence-electron chi connectivity index (χ2n) is 3.26. The van der Waals surface area contributed by atoms with Gasteiger partial charge in [0, 0.05) is 26.2 Å². The lowest BCUT2D eigenvalue weighted by Crippen LogP contribution is -2.16. The molecule has 0 aliphatic rings. The third-order valence-corrected chi connectivity index (χ3v) is 2.40. The number of benzene rings is 1. The molecular weight excluding hydrogens is 208 g/mol. The van der Waals surface area contributed by atoms with E-state index in [-0.39, 0.29) is 6.29 Å². The van der Waals surface area contributed by atoms with Crippen LogP contribution in [0.2, 0.25) is 0 Å². The maximum Gasteiger partial charge on any atom is 0.164 e. The maximum atomic E-state index is 5.32. The van der Waals surface area contributed by atoms with Crippen LogP contribution in [0.15, 0.2) is 18.2 Å². The Morgan fingerprint density at radius 2 is 1.69 bits per heavy atom. The summed E-state index contributed by atoms with van der Waals surface area (Å²) in [6.07, 6.45) is 0.342. The molecule has 0 bridgehead atoms. The Labute approximate surface area is 96.1 Å². The fourth-order valence-electron chi connectivity index (χ4n) is 1.56. The van der Waals surface area contributed by atoms with Crippen LogP contribution >= 0.6 is 0 Å². The van der Waals surface area contributed by atoms with Crippen molar-refractivity contribution in [3.05, 3.63) is 23.8 Å². The van der Waals surface area contributed by atoms with Gasteiger partial charge in [0.2, 0.25) is 0 Å². The average molecular weight is 226 g/mol. The fourth-order valence-corrected chi connectivity index (χ4v) is 1.56. The first-order valence-corrected chi connectivity index (χ1v) is 5.02. The molecule has 0 fully saturated rings. The summed E-state index contributed by atoms with van der Waals surface area (Å²) in [6.45, 7) is 0. The van der Waals surface area contributed by atoms with E-state index in [0.29, 0.717) is 12.2 Å². The first-order valence-electron chi connectivity index (χ1n) is 5.02. The van der Waals surface area contributed by atoms with Gasteiger partial charge in [-0.05, 0) is 6.07 Å². The minimum atomic E-state index is -0.277. The lowest BCUT2D eigenvalue weighted by atomic mass is 10.1. The molecule has 0 unspecified atom stereocenters. The molecule has 90 valence electrons. The SMILES string of the molecule is COc1cccc(CC(OC)OC)c1OC. The average Bonchev–Trinajstić information content (AvgIpc) is 2.35. The van der Waals surface area contributed by atoms with Crippen molar-refractivity contribution < 1.29 is 18.9 Å².